The molecule has 0 aromatic heterocycles. The van der Waals surface area contributed by atoms with Crippen LogP contribution in [0.15, 0.2) is 53.0 Å². The quantitative estimate of drug-likeness (QED) is 0.685. The van der Waals surface area contributed by atoms with Gasteiger partial charge >= 0.3 is 0 Å². The minimum absolute atomic E-state index is 0.118. The van der Waals surface area contributed by atoms with Crippen LogP contribution < -0.4 is 9.64 Å². The van der Waals surface area contributed by atoms with Gasteiger partial charge in [0, 0.05) is 17.6 Å². The molecule has 3 aliphatic rings. The van der Waals surface area contributed by atoms with Crippen molar-refractivity contribution in [3.8, 4) is 5.75 Å². The minimum atomic E-state index is -0.425. The van der Waals surface area contributed by atoms with Gasteiger partial charge in [-0.05, 0) is 48.4 Å². The van der Waals surface area contributed by atoms with E-state index in [0.717, 1.165) is 35.3 Å². The van der Waals surface area contributed by atoms with Gasteiger partial charge in [-0.2, -0.15) is 0 Å². The van der Waals surface area contributed by atoms with E-state index in [9.17, 15) is 9.59 Å². The largest absolute Gasteiger partial charge is 0.497 e. The number of methoxy groups -OCH3 is 1. The van der Waals surface area contributed by atoms with Crippen molar-refractivity contribution in [2.75, 3.05) is 25.1 Å². The van der Waals surface area contributed by atoms with Gasteiger partial charge in [0.1, 0.15) is 11.8 Å². The standard InChI is InChI=1S/C21H20BrN3O3/c1-28-16-9-3-13(4-10-16)18-17-19(24-12-2-11-23(18)24)21(27)25(20(17)26)15-7-5-14(22)6-8-15/h3-10,17-19H,2,11-12H2,1H3/t17-,18-,19-/m1/s1. The molecule has 0 N–H and O–H groups in total. The van der Waals surface area contributed by atoms with Crippen molar-refractivity contribution in [1.82, 2.24) is 10.0 Å². The first-order valence-corrected chi connectivity index (χ1v) is 10.2. The average molecular weight is 442 g/mol. The van der Waals surface area contributed by atoms with Crippen molar-refractivity contribution in [2.24, 2.45) is 5.92 Å². The Kier molecular flexibility index (Phi) is 4.26. The van der Waals surface area contributed by atoms with E-state index in [0.29, 0.717) is 5.69 Å². The Bertz CT molecular complexity index is 931. The second-order valence-electron chi connectivity index (χ2n) is 7.36. The third-order valence-corrected chi connectivity index (χ3v) is 6.48. The Morgan fingerprint density at radius 1 is 0.893 bits per heavy atom. The van der Waals surface area contributed by atoms with E-state index in [-0.39, 0.29) is 17.9 Å². The molecule has 0 radical (unpaired) electrons. The molecular weight excluding hydrogens is 422 g/mol. The normalized spacial score (nSPS) is 27.4. The number of imide groups is 1. The molecule has 0 aliphatic carbocycles. The summed E-state index contributed by atoms with van der Waals surface area (Å²) in [5, 5.41) is 4.32. The zero-order valence-corrected chi connectivity index (χ0v) is 17.0. The molecule has 3 aliphatic heterocycles. The molecule has 3 saturated heterocycles. The lowest BCUT2D eigenvalue weighted by Crippen LogP contribution is -2.44. The van der Waals surface area contributed by atoms with Crippen molar-refractivity contribution >= 4 is 33.4 Å². The average Bonchev–Trinajstić information content (AvgIpc) is 3.35. The molecule has 28 heavy (non-hydrogen) atoms. The molecule has 3 fully saturated rings. The van der Waals surface area contributed by atoms with Crippen molar-refractivity contribution in [3.05, 3.63) is 58.6 Å². The van der Waals surface area contributed by atoms with Crippen LogP contribution in [0, 0.1) is 5.92 Å². The smallest absolute Gasteiger partial charge is 0.253 e. The van der Waals surface area contributed by atoms with Gasteiger partial charge in [0.05, 0.1) is 24.8 Å². The van der Waals surface area contributed by atoms with Gasteiger partial charge in [-0.1, -0.05) is 28.1 Å². The number of anilines is 1. The summed E-state index contributed by atoms with van der Waals surface area (Å²) in [6.45, 7) is 1.67. The van der Waals surface area contributed by atoms with Gasteiger partial charge in [0.25, 0.3) is 5.91 Å². The summed E-state index contributed by atoms with van der Waals surface area (Å²) < 4.78 is 6.18. The van der Waals surface area contributed by atoms with Crippen molar-refractivity contribution < 1.29 is 14.3 Å². The Hall–Kier alpha value is -2.22. The molecule has 2 amide bonds. The van der Waals surface area contributed by atoms with Crippen LogP contribution in [0.1, 0.15) is 18.0 Å². The number of nitrogens with zero attached hydrogens (tertiary/aromatic N) is 3. The van der Waals surface area contributed by atoms with Crippen LogP contribution in [-0.2, 0) is 9.59 Å². The molecule has 7 heteroatoms. The lowest BCUT2D eigenvalue weighted by molar-refractivity contribution is -0.126. The van der Waals surface area contributed by atoms with E-state index < -0.39 is 12.0 Å². The summed E-state index contributed by atoms with van der Waals surface area (Å²) in [7, 11) is 1.64. The number of rotatable bonds is 3. The van der Waals surface area contributed by atoms with Crippen molar-refractivity contribution in [1.29, 1.82) is 0 Å². The maximum Gasteiger partial charge on any atom is 0.253 e. The van der Waals surface area contributed by atoms with Gasteiger partial charge in [-0.25, -0.2) is 14.9 Å². The van der Waals surface area contributed by atoms with E-state index >= 15 is 0 Å². The Labute approximate surface area is 171 Å². The molecule has 3 atom stereocenters. The maximum atomic E-state index is 13.4. The van der Waals surface area contributed by atoms with Crippen molar-refractivity contribution in [2.45, 2.75) is 18.5 Å². The van der Waals surface area contributed by atoms with Gasteiger partial charge < -0.3 is 4.74 Å². The van der Waals surface area contributed by atoms with E-state index in [1.807, 2.05) is 48.5 Å². The zero-order valence-electron chi connectivity index (χ0n) is 15.4. The Balaban J connectivity index is 1.55. The summed E-state index contributed by atoms with van der Waals surface area (Å²) in [6, 6.07) is 14.6. The number of halogens is 1. The van der Waals surface area contributed by atoms with Crippen LogP contribution in [-0.4, -0.2) is 48.1 Å². The first-order chi connectivity index (χ1) is 13.6. The third-order valence-electron chi connectivity index (χ3n) is 5.95. The fourth-order valence-corrected chi connectivity index (χ4v) is 5.02. The summed E-state index contributed by atoms with van der Waals surface area (Å²) in [5.74, 6) is 0.138. The van der Waals surface area contributed by atoms with Crippen LogP contribution >= 0.6 is 15.9 Å². The molecule has 6 nitrogen and oxygen atoms in total. The van der Waals surface area contributed by atoms with Crippen molar-refractivity contribution in [3.63, 3.8) is 0 Å². The van der Waals surface area contributed by atoms with Gasteiger partial charge in [-0.15, -0.1) is 0 Å². The maximum absolute atomic E-state index is 13.4. The van der Waals surface area contributed by atoms with E-state index in [2.05, 4.69) is 25.9 Å². The number of hydrogen-bond donors (Lipinski definition) is 0. The Morgan fingerprint density at radius 2 is 1.54 bits per heavy atom. The predicted octanol–water partition coefficient (Wildman–Crippen LogP) is 2.99. The zero-order chi connectivity index (χ0) is 19.4. The second-order valence-corrected chi connectivity index (χ2v) is 8.27. The molecule has 0 spiro atoms. The molecule has 0 unspecified atom stereocenters. The summed E-state index contributed by atoms with van der Waals surface area (Å²) in [4.78, 5) is 28.1. The van der Waals surface area contributed by atoms with Gasteiger partial charge in [-0.3, -0.25) is 9.59 Å². The number of hydrogen-bond acceptors (Lipinski definition) is 5. The highest BCUT2D eigenvalue weighted by Crippen LogP contribution is 2.49. The summed E-state index contributed by atoms with van der Waals surface area (Å²) in [6.07, 6.45) is 0.996. The highest BCUT2D eigenvalue weighted by molar-refractivity contribution is 9.10. The summed E-state index contributed by atoms with van der Waals surface area (Å²) in [5.41, 5.74) is 1.67. The molecule has 2 aromatic carbocycles. The van der Waals surface area contributed by atoms with Crippen LogP contribution in [0.2, 0.25) is 0 Å². The van der Waals surface area contributed by atoms with Crippen LogP contribution in [0.4, 0.5) is 5.69 Å². The first-order valence-electron chi connectivity index (χ1n) is 9.40. The molecular formula is C21H20BrN3O3. The fourth-order valence-electron chi connectivity index (χ4n) is 4.76. The molecule has 2 aromatic rings. The number of ether oxygens (including phenoxy) is 1. The SMILES string of the molecule is COc1ccc([C@@H]2[C@H]3C(=O)N(c4ccc(Br)cc4)C(=O)[C@@H]3N3CCCN23)cc1. The summed E-state index contributed by atoms with van der Waals surface area (Å²) >= 11 is 3.41. The van der Waals surface area contributed by atoms with Crippen LogP contribution in [0.25, 0.3) is 0 Å². The number of hydrazine groups is 1. The number of benzene rings is 2. The number of amides is 2. The topological polar surface area (TPSA) is 53.1 Å². The lowest BCUT2D eigenvalue weighted by atomic mass is 9.90. The highest BCUT2D eigenvalue weighted by atomic mass is 79.9. The fraction of sp³-hybridized carbons (Fsp3) is 0.333. The first kappa shape index (κ1) is 17.8. The van der Waals surface area contributed by atoms with Gasteiger partial charge in [0.15, 0.2) is 0 Å². The monoisotopic (exact) mass is 441 g/mol. The number of fused-ring (bicyclic) bond motifs is 3. The molecule has 3 heterocycles. The van der Waals surface area contributed by atoms with E-state index in [1.165, 1.54) is 4.90 Å². The van der Waals surface area contributed by atoms with E-state index in [4.69, 9.17) is 4.74 Å². The lowest BCUT2D eigenvalue weighted by Gasteiger charge is -2.29. The third kappa shape index (κ3) is 2.53. The van der Waals surface area contributed by atoms with E-state index in [1.54, 1.807) is 7.11 Å². The number of carbonyl (C=O) groups excluding carboxylic acids is 2. The predicted molar refractivity (Wildman–Crippen MR) is 108 cm³/mol. The molecule has 144 valence electrons. The number of carbonyl (C=O) groups is 2. The van der Waals surface area contributed by atoms with Crippen LogP contribution in [0.3, 0.4) is 0 Å². The molecule has 0 saturated carbocycles. The molecule has 5 rings (SSSR count). The van der Waals surface area contributed by atoms with Gasteiger partial charge in [0.2, 0.25) is 5.91 Å². The highest BCUT2D eigenvalue weighted by Gasteiger charge is 2.62. The minimum Gasteiger partial charge on any atom is -0.497 e. The van der Waals surface area contributed by atoms with Crippen LogP contribution in [0.5, 0.6) is 5.75 Å². The Morgan fingerprint density at radius 3 is 2.18 bits per heavy atom. The second kappa shape index (κ2) is 6.69. The molecule has 0 bridgehead atoms.